The maximum absolute atomic E-state index is 12.4. The fraction of sp³-hybridized carbons (Fsp3) is 0.512. The number of hydrogen-bond donors (Lipinski definition) is 2. The van der Waals surface area contributed by atoms with E-state index in [1.807, 2.05) is 0 Å². The zero-order valence-electron chi connectivity index (χ0n) is 32.8. The van der Waals surface area contributed by atoms with E-state index >= 15 is 0 Å². The number of carboxylic acids is 1. The molecule has 2 aromatic rings. The number of carbonyl (C=O) groups excluding carboxylic acids is 1. The SMILES string of the molecule is C[N+]1=C(\C=C/C=C/C=C2/N(CCCCCC(=O)NCCOCCOCCOCCOCCC(=O)O)c3ccccc3C2(C)C)C(C)(C)c2ccccc21.[Cl-]. The summed E-state index contributed by atoms with van der Waals surface area (Å²) >= 11 is 0. The molecule has 10 nitrogen and oxygen atoms in total. The number of para-hydroxylation sites is 2. The first kappa shape index (κ1) is 44.6. The summed E-state index contributed by atoms with van der Waals surface area (Å²) in [6.45, 7) is 13.7. The van der Waals surface area contributed by atoms with Crippen molar-refractivity contribution in [2.24, 2.45) is 0 Å². The van der Waals surface area contributed by atoms with Crippen LogP contribution in [0, 0.1) is 0 Å². The van der Waals surface area contributed by atoms with E-state index < -0.39 is 5.97 Å². The highest BCUT2D eigenvalue weighted by Gasteiger charge is 2.42. The summed E-state index contributed by atoms with van der Waals surface area (Å²) in [6, 6.07) is 17.3. The molecular weight excluding hydrogens is 706 g/mol. The number of amides is 1. The Kier molecular flexibility index (Phi) is 18.6. The van der Waals surface area contributed by atoms with Crippen LogP contribution in [0.5, 0.6) is 0 Å². The molecule has 0 radical (unpaired) electrons. The molecule has 54 heavy (non-hydrogen) atoms. The summed E-state index contributed by atoms with van der Waals surface area (Å²) in [5.74, 6) is -0.825. The number of nitrogens with one attached hydrogen (secondary N) is 1. The second kappa shape index (κ2) is 22.5. The van der Waals surface area contributed by atoms with Crippen LogP contribution in [-0.2, 0) is 39.4 Å². The number of aliphatic carboxylic acids is 1. The van der Waals surface area contributed by atoms with E-state index in [2.05, 4.69) is 128 Å². The first-order chi connectivity index (χ1) is 25.5. The Morgan fingerprint density at radius 3 is 2.02 bits per heavy atom. The minimum atomic E-state index is -0.876. The number of hydrogen-bond acceptors (Lipinski definition) is 7. The summed E-state index contributed by atoms with van der Waals surface area (Å²) in [5.41, 5.74) is 7.65. The third-order valence-electron chi connectivity index (χ3n) is 9.90. The van der Waals surface area contributed by atoms with Crippen LogP contribution < -0.4 is 22.6 Å². The molecule has 0 saturated heterocycles. The molecule has 2 aromatic carbocycles. The third kappa shape index (κ3) is 12.6. The zero-order valence-corrected chi connectivity index (χ0v) is 33.5. The Morgan fingerprint density at radius 2 is 1.35 bits per heavy atom. The number of rotatable bonds is 24. The lowest BCUT2D eigenvalue weighted by atomic mass is 9.81. The van der Waals surface area contributed by atoms with Crippen molar-refractivity contribution in [2.75, 3.05) is 77.9 Å². The lowest BCUT2D eigenvalue weighted by Crippen LogP contribution is -3.00. The number of benzene rings is 2. The maximum Gasteiger partial charge on any atom is 0.305 e. The molecule has 2 heterocycles. The highest BCUT2D eigenvalue weighted by molar-refractivity contribution is 6.03. The maximum atomic E-state index is 12.4. The molecule has 0 atom stereocenters. The van der Waals surface area contributed by atoms with Crippen LogP contribution in [-0.4, -0.2) is 100 Å². The summed E-state index contributed by atoms with van der Waals surface area (Å²) in [6.07, 6.45) is 14.2. The largest absolute Gasteiger partial charge is 1.00 e. The minimum absolute atomic E-state index is 0. The monoisotopic (exact) mass is 765 g/mol. The van der Waals surface area contributed by atoms with Gasteiger partial charge in [-0.2, -0.15) is 4.58 Å². The molecule has 0 unspecified atom stereocenters. The number of carboxylic acid groups (broad SMARTS) is 1. The van der Waals surface area contributed by atoms with E-state index in [0.29, 0.717) is 59.2 Å². The number of halogens is 1. The van der Waals surface area contributed by atoms with Gasteiger partial charge in [-0.15, -0.1) is 0 Å². The lowest BCUT2D eigenvalue weighted by molar-refractivity contribution is -0.401. The van der Waals surface area contributed by atoms with Crippen molar-refractivity contribution in [3.63, 3.8) is 0 Å². The van der Waals surface area contributed by atoms with Gasteiger partial charge in [0.05, 0.1) is 64.7 Å². The van der Waals surface area contributed by atoms with Crippen molar-refractivity contribution in [2.45, 2.75) is 70.6 Å². The molecular formula is C43H60ClN3O7. The van der Waals surface area contributed by atoms with Crippen molar-refractivity contribution in [3.05, 3.63) is 95.7 Å². The Hall–Kier alpha value is -3.80. The smallest absolute Gasteiger partial charge is 0.305 e. The molecule has 4 rings (SSSR count). The van der Waals surface area contributed by atoms with Crippen molar-refractivity contribution >= 4 is 29.0 Å². The third-order valence-corrected chi connectivity index (χ3v) is 9.90. The molecule has 0 fully saturated rings. The molecule has 0 bridgehead atoms. The Balaban J connectivity index is 0.00000784. The number of fused-ring (bicyclic) bond motifs is 2. The van der Waals surface area contributed by atoms with Crippen LogP contribution in [0.4, 0.5) is 11.4 Å². The molecule has 0 aliphatic carbocycles. The van der Waals surface area contributed by atoms with Crippen LogP contribution in [0.2, 0.25) is 0 Å². The molecule has 2 N–H and O–H groups in total. The van der Waals surface area contributed by atoms with E-state index in [9.17, 15) is 9.59 Å². The van der Waals surface area contributed by atoms with Crippen molar-refractivity contribution in [1.29, 1.82) is 0 Å². The topological polar surface area (TPSA) is 110 Å². The van der Waals surface area contributed by atoms with Gasteiger partial charge in [-0.05, 0) is 44.4 Å². The first-order valence-electron chi connectivity index (χ1n) is 19.0. The van der Waals surface area contributed by atoms with E-state index in [0.717, 1.165) is 25.8 Å². The molecule has 1 amide bonds. The van der Waals surface area contributed by atoms with Crippen molar-refractivity contribution < 1.29 is 50.6 Å². The van der Waals surface area contributed by atoms with Crippen LogP contribution in [0.3, 0.4) is 0 Å². The van der Waals surface area contributed by atoms with Gasteiger partial charge in [0.2, 0.25) is 11.6 Å². The van der Waals surface area contributed by atoms with Gasteiger partial charge in [0.1, 0.15) is 7.05 Å². The number of anilines is 1. The predicted octanol–water partition coefficient (Wildman–Crippen LogP) is 3.71. The number of carbonyl (C=O) groups is 2. The van der Waals surface area contributed by atoms with E-state index in [1.165, 1.54) is 33.9 Å². The number of allylic oxidation sites excluding steroid dienone is 6. The van der Waals surface area contributed by atoms with Gasteiger partial charge in [-0.1, -0.05) is 74.9 Å². The summed E-state index contributed by atoms with van der Waals surface area (Å²) in [7, 11) is 2.15. The van der Waals surface area contributed by atoms with Gasteiger partial charge in [-0.3, -0.25) is 9.59 Å². The highest BCUT2D eigenvalue weighted by Crippen LogP contribution is 2.47. The van der Waals surface area contributed by atoms with Crippen molar-refractivity contribution in [3.8, 4) is 0 Å². The average Bonchev–Trinajstić information content (AvgIpc) is 3.47. The van der Waals surface area contributed by atoms with E-state index in [1.54, 1.807) is 0 Å². The molecule has 0 saturated carbocycles. The van der Waals surface area contributed by atoms with Gasteiger partial charge in [0, 0.05) is 54.0 Å². The Labute approximate surface area is 328 Å². The molecule has 2 aliphatic rings. The Morgan fingerprint density at radius 1 is 0.741 bits per heavy atom. The quantitative estimate of drug-likeness (QED) is 0.0947. The second-order valence-electron chi connectivity index (χ2n) is 14.4. The minimum Gasteiger partial charge on any atom is -1.00 e. The molecule has 296 valence electrons. The van der Waals surface area contributed by atoms with Gasteiger partial charge >= 0.3 is 5.97 Å². The van der Waals surface area contributed by atoms with Gasteiger partial charge < -0.3 is 46.7 Å². The van der Waals surface area contributed by atoms with E-state index in [-0.39, 0.29) is 42.2 Å². The number of ether oxygens (including phenoxy) is 4. The normalized spacial score (nSPS) is 16.3. The van der Waals surface area contributed by atoms with Crippen LogP contribution in [0.25, 0.3) is 0 Å². The van der Waals surface area contributed by atoms with Gasteiger partial charge in [-0.25, -0.2) is 0 Å². The first-order valence-corrected chi connectivity index (χ1v) is 19.0. The highest BCUT2D eigenvalue weighted by atomic mass is 35.5. The molecule has 0 spiro atoms. The number of unbranched alkanes of at least 4 members (excludes halogenated alkanes) is 2. The van der Waals surface area contributed by atoms with Gasteiger partial charge in [0.25, 0.3) is 0 Å². The van der Waals surface area contributed by atoms with Gasteiger partial charge in [0.15, 0.2) is 5.71 Å². The fourth-order valence-electron chi connectivity index (χ4n) is 7.05. The summed E-state index contributed by atoms with van der Waals surface area (Å²) < 4.78 is 23.8. The fourth-order valence-corrected chi connectivity index (χ4v) is 7.05. The molecule has 11 heteroatoms. The van der Waals surface area contributed by atoms with Crippen LogP contribution >= 0.6 is 0 Å². The lowest BCUT2D eigenvalue weighted by Gasteiger charge is -2.27. The zero-order chi connectivity index (χ0) is 38.1. The standard InChI is InChI=1S/C43H59N3O7.ClH/c1-42(2)34-16-11-13-18-36(34)45(5)38(42)20-8-6-9-21-39-43(3,4)35-17-12-14-19-37(35)46(39)25-15-7-10-22-40(47)44-24-27-51-29-31-53-33-32-52-30-28-50-26-23-41(48)49;/h6,8-9,11-14,16-21H,7,10,15,22-33H2,1-5H3,(H-,44,47,48,49);1H. The molecule has 0 aromatic heterocycles. The summed E-state index contributed by atoms with van der Waals surface area (Å²) in [4.78, 5) is 25.3. The van der Waals surface area contributed by atoms with Crippen LogP contribution in [0.1, 0.15) is 70.9 Å². The van der Waals surface area contributed by atoms with Crippen molar-refractivity contribution in [1.82, 2.24) is 5.32 Å². The summed E-state index contributed by atoms with van der Waals surface area (Å²) in [5, 5.41) is 11.5. The Bertz CT molecular complexity index is 1630. The average molecular weight is 766 g/mol. The van der Waals surface area contributed by atoms with E-state index in [4.69, 9.17) is 24.1 Å². The molecule has 2 aliphatic heterocycles. The second-order valence-corrected chi connectivity index (χ2v) is 14.4. The number of nitrogens with zero attached hydrogens (tertiary/aromatic N) is 2. The van der Waals surface area contributed by atoms with Crippen LogP contribution in [0.15, 0.2) is 84.6 Å². The predicted molar refractivity (Wildman–Crippen MR) is 211 cm³/mol.